The summed E-state index contributed by atoms with van der Waals surface area (Å²) in [4.78, 5) is 0. The van der Waals surface area contributed by atoms with Gasteiger partial charge in [-0.25, -0.2) is 0 Å². The smallest absolute Gasteiger partial charge is 0.169 e. The molecule has 0 saturated carbocycles. The first kappa shape index (κ1) is 9.03. The Labute approximate surface area is 85.9 Å². The van der Waals surface area contributed by atoms with Crippen molar-refractivity contribution in [2.75, 3.05) is 0 Å². The van der Waals surface area contributed by atoms with Crippen LogP contribution in [0, 0.1) is 0 Å². The molecular weight excluding hydrogens is 230 g/mol. The van der Waals surface area contributed by atoms with Gasteiger partial charge < -0.3 is 10.2 Å². The molecule has 1 heterocycles. The zero-order valence-corrected chi connectivity index (χ0v) is 8.88. The molecule has 1 aliphatic rings. The number of allylic oxidation sites excluding steroid dienone is 1. The lowest BCUT2D eigenvalue weighted by Gasteiger charge is -2.09. The van der Waals surface area contributed by atoms with Crippen molar-refractivity contribution in [3.05, 3.63) is 34.2 Å². The highest BCUT2D eigenvalue weighted by Gasteiger charge is 2.17. The molecule has 0 amide bonds. The Kier molecular flexibility index (Phi) is 2.56. The predicted octanol–water partition coefficient (Wildman–Crippen LogP) is 3.15. The number of halogens is 1. The number of furan rings is 1. The van der Waals surface area contributed by atoms with Crippen LogP contribution in [0.4, 0.5) is 0 Å². The van der Waals surface area contributed by atoms with Gasteiger partial charge >= 0.3 is 0 Å². The normalized spacial score (nSPS) is 18.8. The molecule has 0 radical (unpaired) electrons. The van der Waals surface area contributed by atoms with E-state index in [2.05, 4.69) is 22.0 Å². The van der Waals surface area contributed by atoms with Gasteiger partial charge in [-0.2, -0.15) is 0 Å². The molecule has 1 unspecified atom stereocenters. The van der Waals surface area contributed by atoms with E-state index in [0.29, 0.717) is 0 Å². The predicted molar refractivity (Wildman–Crippen MR) is 55.3 cm³/mol. The van der Waals surface area contributed by atoms with Gasteiger partial charge in [0.15, 0.2) is 4.67 Å². The molecule has 2 N–H and O–H groups in total. The molecule has 0 bridgehead atoms. The average molecular weight is 242 g/mol. The summed E-state index contributed by atoms with van der Waals surface area (Å²) < 4.78 is 6.16. The van der Waals surface area contributed by atoms with E-state index in [-0.39, 0.29) is 6.04 Å². The summed E-state index contributed by atoms with van der Waals surface area (Å²) in [6.07, 6.45) is 5.72. The van der Waals surface area contributed by atoms with Gasteiger partial charge in [0.2, 0.25) is 0 Å². The molecule has 0 saturated heterocycles. The van der Waals surface area contributed by atoms with E-state index in [1.807, 2.05) is 12.1 Å². The van der Waals surface area contributed by atoms with E-state index in [1.54, 1.807) is 0 Å². The Balaban J connectivity index is 2.16. The van der Waals surface area contributed by atoms with Gasteiger partial charge in [-0.3, -0.25) is 0 Å². The highest BCUT2D eigenvalue weighted by atomic mass is 79.9. The van der Waals surface area contributed by atoms with Crippen LogP contribution < -0.4 is 5.73 Å². The Morgan fingerprint density at radius 2 is 2.31 bits per heavy atom. The van der Waals surface area contributed by atoms with Crippen LogP contribution in [0.2, 0.25) is 0 Å². The van der Waals surface area contributed by atoms with Crippen molar-refractivity contribution in [2.24, 2.45) is 5.73 Å². The van der Waals surface area contributed by atoms with Gasteiger partial charge in [0.1, 0.15) is 5.76 Å². The van der Waals surface area contributed by atoms with E-state index >= 15 is 0 Å². The van der Waals surface area contributed by atoms with E-state index in [0.717, 1.165) is 23.3 Å². The maximum atomic E-state index is 6.03. The molecule has 0 aliphatic heterocycles. The minimum atomic E-state index is -0.0474. The van der Waals surface area contributed by atoms with Crippen LogP contribution in [0.1, 0.15) is 31.1 Å². The zero-order chi connectivity index (χ0) is 9.26. The van der Waals surface area contributed by atoms with Gasteiger partial charge in [-0.05, 0) is 52.9 Å². The van der Waals surface area contributed by atoms with Crippen molar-refractivity contribution in [1.82, 2.24) is 0 Å². The van der Waals surface area contributed by atoms with Crippen molar-refractivity contribution in [1.29, 1.82) is 0 Å². The molecule has 1 aromatic heterocycles. The molecule has 0 fully saturated rings. The maximum absolute atomic E-state index is 6.03. The van der Waals surface area contributed by atoms with Gasteiger partial charge in [-0.1, -0.05) is 6.08 Å². The Morgan fingerprint density at radius 3 is 2.85 bits per heavy atom. The van der Waals surface area contributed by atoms with Crippen molar-refractivity contribution < 1.29 is 4.42 Å². The van der Waals surface area contributed by atoms with Gasteiger partial charge in [0, 0.05) is 0 Å². The standard InChI is InChI=1S/C10H12BrNO/c11-9-6-5-8(13-9)10(12)7-3-1-2-4-7/h3,5-6,10H,1-2,4,12H2. The Morgan fingerprint density at radius 1 is 1.46 bits per heavy atom. The van der Waals surface area contributed by atoms with Crippen LogP contribution in [-0.4, -0.2) is 0 Å². The minimum Gasteiger partial charge on any atom is -0.452 e. The molecule has 1 aromatic rings. The number of hydrogen-bond donors (Lipinski definition) is 1. The van der Waals surface area contributed by atoms with Crippen LogP contribution in [0.3, 0.4) is 0 Å². The summed E-state index contributed by atoms with van der Waals surface area (Å²) in [6, 6.07) is 3.76. The van der Waals surface area contributed by atoms with Crippen molar-refractivity contribution in [3.63, 3.8) is 0 Å². The summed E-state index contributed by atoms with van der Waals surface area (Å²) >= 11 is 3.27. The Hall–Kier alpha value is -0.540. The van der Waals surface area contributed by atoms with Crippen molar-refractivity contribution in [3.8, 4) is 0 Å². The van der Waals surface area contributed by atoms with Gasteiger partial charge in [-0.15, -0.1) is 0 Å². The van der Waals surface area contributed by atoms with Gasteiger partial charge in [0.25, 0.3) is 0 Å². The number of hydrogen-bond acceptors (Lipinski definition) is 2. The van der Waals surface area contributed by atoms with Gasteiger partial charge in [0.05, 0.1) is 6.04 Å². The molecule has 0 aromatic carbocycles. The second-order valence-electron chi connectivity index (χ2n) is 3.29. The Bertz CT molecular complexity index is 329. The van der Waals surface area contributed by atoms with E-state index in [1.165, 1.54) is 12.0 Å². The minimum absolute atomic E-state index is 0.0474. The summed E-state index contributed by atoms with van der Waals surface area (Å²) in [5.41, 5.74) is 7.34. The van der Waals surface area contributed by atoms with E-state index in [9.17, 15) is 0 Å². The first-order valence-electron chi connectivity index (χ1n) is 4.47. The highest BCUT2D eigenvalue weighted by molar-refractivity contribution is 9.10. The topological polar surface area (TPSA) is 39.2 Å². The molecule has 1 atom stereocenters. The van der Waals surface area contributed by atoms with E-state index < -0.39 is 0 Å². The lowest BCUT2D eigenvalue weighted by atomic mass is 10.1. The highest BCUT2D eigenvalue weighted by Crippen LogP contribution is 2.30. The summed E-state index contributed by atoms with van der Waals surface area (Å²) in [5.74, 6) is 0.847. The third-order valence-corrected chi connectivity index (χ3v) is 2.80. The van der Waals surface area contributed by atoms with Crippen LogP contribution in [0.5, 0.6) is 0 Å². The fourth-order valence-electron chi connectivity index (χ4n) is 1.66. The monoisotopic (exact) mass is 241 g/mol. The van der Waals surface area contributed by atoms with Crippen LogP contribution in [0.25, 0.3) is 0 Å². The third kappa shape index (κ3) is 1.86. The second-order valence-corrected chi connectivity index (χ2v) is 4.07. The lowest BCUT2D eigenvalue weighted by Crippen LogP contribution is -2.10. The number of nitrogens with two attached hydrogens (primary N) is 1. The molecule has 2 rings (SSSR count). The van der Waals surface area contributed by atoms with E-state index in [4.69, 9.17) is 10.2 Å². The third-order valence-electron chi connectivity index (χ3n) is 2.38. The SMILES string of the molecule is NC(C1=CCCC1)c1ccc(Br)o1. The molecule has 2 nitrogen and oxygen atoms in total. The first-order valence-corrected chi connectivity index (χ1v) is 5.26. The molecule has 13 heavy (non-hydrogen) atoms. The molecule has 70 valence electrons. The van der Waals surface area contributed by atoms with Crippen molar-refractivity contribution in [2.45, 2.75) is 25.3 Å². The summed E-state index contributed by atoms with van der Waals surface area (Å²) in [6.45, 7) is 0. The summed E-state index contributed by atoms with van der Waals surface area (Å²) in [5, 5.41) is 0. The largest absolute Gasteiger partial charge is 0.452 e. The second kappa shape index (κ2) is 3.68. The molecule has 3 heteroatoms. The fourth-order valence-corrected chi connectivity index (χ4v) is 1.98. The van der Waals surface area contributed by atoms with Crippen LogP contribution in [0.15, 0.2) is 32.9 Å². The molecule has 0 spiro atoms. The molecular formula is C10H12BrNO. The maximum Gasteiger partial charge on any atom is 0.169 e. The van der Waals surface area contributed by atoms with Crippen LogP contribution in [-0.2, 0) is 0 Å². The molecule has 1 aliphatic carbocycles. The summed E-state index contributed by atoms with van der Waals surface area (Å²) in [7, 11) is 0. The van der Waals surface area contributed by atoms with Crippen molar-refractivity contribution >= 4 is 15.9 Å². The average Bonchev–Trinajstić information content (AvgIpc) is 2.72. The zero-order valence-electron chi connectivity index (χ0n) is 7.29. The lowest BCUT2D eigenvalue weighted by molar-refractivity contribution is 0.465. The fraction of sp³-hybridized carbons (Fsp3) is 0.400. The number of rotatable bonds is 2. The van der Waals surface area contributed by atoms with Crippen LogP contribution >= 0.6 is 15.9 Å². The quantitative estimate of drug-likeness (QED) is 0.809. The first-order chi connectivity index (χ1) is 6.27.